The lowest BCUT2D eigenvalue weighted by Gasteiger charge is -2.46. The molecule has 0 aromatic heterocycles. The molecule has 190 valence electrons. The second kappa shape index (κ2) is 9.27. The highest BCUT2D eigenvalue weighted by Gasteiger charge is 2.77. The minimum Gasteiger partial charge on any atom is -0.478 e. The Morgan fingerprint density at radius 2 is 0.938 bits per heavy atom. The second-order valence-corrected chi connectivity index (χ2v) is 7.17. The molecule has 0 aromatic rings. The van der Waals surface area contributed by atoms with Crippen LogP contribution in [0.25, 0.3) is 0 Å². The van der Waals surface area contributed by atoms with Gasteiger partial charge in [0.25, 0.3) is 11.2 Å². The standard InChI is InChI=1S/C12H12F12O2.C4H6O2/c13-9(14,15)7(25,10(16,17)18)5-2-1-3-6(4-5)8(26,11(19,20)21)12(22,23)24;1-3(2)4(5)6/h5-6,25-26H,1-4H2;1H2,2H3,(H,5,6). The van der Waals surface area contributed by atoms with E-state index in [9.17, 15) is 67.7 Å². The number of hydrogen-bond donors (Lipinski definition) is 3. The third-order valence-electron chi connectivity index (χ3n) is 4.95. The maximum absolute atomic E-state index is 12.8. The van der Waals surface area contributed by atoms with Gasteiger partial charge in [0, 0.05) is 17.4 Å². The Labute approximate surface area is 172 Å². The molecule has 0 amide bonds. The fourth-order valence-electron chi connectivity index (χ4n) is 3.20. The molecule has 1 saturated carbocycles. The van der Waals surface area contributed by atoms with Crippen molar-refractivity contribution in [2.75, 3.05) is 0 Å². The summed E-state index contributed by atoms with van der Waals surface area (Å²) in [4.78, 5) is 9.60. The van der Waals surface area contributed by atoms with Gasteiger partial charge in [-0.05, 0) is 26.2 Å². The van der Waals surface area contributed by atoms with Crippen molar-refractivity contribution in [3.63, 3.8) is 0 Å². The van der Waals surface area contributed by atoms with Crippen molar-refractivity contribution >= 4 is 5.97 Å². The van der Waals surface area contributed by atoms with Gasteiger partial charge in [-0.3, -0.25) is 0 Å². The highest BCUT2D eigenvalue weighted by atomic mass is 19.4. The molecule has 32 heavy (non-hydrogen) atoms. The molecule has 0 radical (unpaired) electrons. The maximum atomic E-state index is 12.8. The molecule has 0 aliphatic heterocycles. The predicted molar refractivity (Wildman–Crippen MR) is 82.0 cm³/mol. The third-order valence-corrected chi connectivity index (χ3v) is 4.95. The quantitative estimate of drug-likeness (QED) is 0.369. The van der Waals surface area contributed by atoms with Crippen molar-refractivity contribution in [2.24, 2.45) is 11.8 Å². The van der Waals surface area contributed by atoms with E-state index < -0.39 is 79.4 Å². The monoisotopic (exact) mass is 502 g/mol. The smallest absolute Gasteiger partial charge is 0.426 e. The summed E-state index contributed by atoms with van der Waals surface area (Å²) in [5.41, 5.74) is -10.8. The lowest BCUT2D eigenvalue weighted by molar-refractivity contribution is -0.403. The molecule has 2 unspecified atom stereocenters. The zero-order valence-corrected chi connectivity index (χ0v) is 16.0. The summed E-state index contributed by atoms with van der Waals surface area (Å²) in [7, 11) is 0. The van der Waals surface area contributed by atoms with Crippen molar-refractivity contribution < 1.29 is 72.8 Å². The van der Waals surface area contributed by atoms with E-state index >= 15 is 0 Å². The Kier molecular flexibility index (Phi) is 8.77. The lowest BCUT2D eigenvalue weighted by atomic mass is 9.66. The molecule has 0 aromatic carbocycles. The van der Waals surface area contributed by atoms with E-state index in [0.717, 1.165) is 0 Å². The molecule has 0 heterocycles. The largest absolute Gasteiger partial charge is 0.478 e. The molecule has 2 atom stereocenters. The molecule has 1 rings (SSSR count). The van der Waals surface area contributed by atoms with E-state index in [0.29, 0.717) is 0 Å². The van der Waals surface area contributed by atoms with Crippen LogP contribution in [0.15, 0.2) is 12.2 Å². The number of hydrogen-bond acceptors (Lipinski definition) is 3. The van der Waals surface area contributed by atoms with Gasteiger partial charge in [0.2, 0.25) is 0 Å². The van der Waals surface area contributed by atoms with Crippen LogP contribution in [-0.4, -0.2) is 57.2 Å². The summed E-state index contributed by atoms with van der Waals surface area (Å²) in [5.74, 6) is -7.02. The minimum absolute atomic E-state index is 0.176. The Bertz CT molecular complexity index is 590. The van der Waals surface area contributed by atoms with Gasteiger partial charge >= 0.3 is 30.7 Å². The van der Waals surface area contributed by atoms with E-state index in [1.165, 1.54) is 6.92 Å². The average Bonchev–Trinajstić information content (AvgIpc) is 2.56. The first-order valence-corrected chi connectivity index (χ1v) is 8.46. The Morgan fingerprint density at radius 3 is 1.09 bits per heavy atom. The SMILES string of the molecule is C=C(C)C(=O)O.OC(C1CCCC(C(O)(C(F)(F)F)C(F)(F)F)C1)(C(F)(F)F)C(F)(F)F. The number of halogens is 12. The van der Waals surface area contributed by atoms with Gasteiger partial charge in [0.15, 0.2) is 0 Å². The lowest BCUT2D eigenvalue weighted by Crippen LogP contribution is -2.66. The molecular weight excluding hydrogens is 484 g/mol. The van der Waals surface area contributed by atoms with Crippen LogP contribution >= 0.6 is 0 Å². The first-order valence-electron chi connectivity index (χ1n) is 8.46. The summed E-state index contributed by atoms with van der Waals surface area (Å²) in [6.45, 7) is 4.60. The van der Waals surface area contributed by atoms with Crippen molar-refractivity contribution in [1.29, 1.82) is 0 Å². The maximum Gasteiger partial charge on any atom is 0.426 e. The zero-order chi connectivity index (χ0) is 26.1. The fraction of sp³-hybridized carbons (Fsp3) is 0.812. The van der Waals surface area contributed by atoms with Gasteiger partial charge in [-0.15, -0.1) is 0 Å². The minimum atomic E-state index is -6.40. The third kappa shape index (κ3) is 5.80. The van der Waals surface area contributed by atoms with Crippen LogP contribution in [0.2, 0.25) is 0 Å². The topological polar surface area (TPSA) is 77.8 Å². The van der Waals surface area contributed by atoms with E-state index in [1.807, 2.05) is 0 Å². The van der Waals surface area contributed by atoms with Crippen LogP contribution in [0.5, 0.6) is 0 Å². The zero-order valence-electron chi connectivity index (χ0n) is 16.0. The number of aliphatic carboxylic acids is 1. The van der Waals surface area contributed by atoms with E-state index in [4.69, 9.17) is 5.11 Å². The van der Waals surface area contributed by atoms with Crippen LogP contribution in [0.1, 0.15) is 32.6 Å². The first-order chi connectivity index (χ1) is 13.9. The number of aliphatic hydroxyl groups is 2. The summed E-state index contributed by atoms with van der Waals surface area (Å²) >= 11 is 0. The van der Waals surface area contributed by atoms with Gasteiger partial charge in [0.1, 0.15) is 0 Å². The van der Waals surface area contributed by atoms with Gasteiger partial charge < -0.3 is 15.3 Å². The van der Waals surface area contributed by atoms with Gasteiger partial charge in [-0.2, -0.15) is 52.7 Å². The number of carboxylic acid groups (broad SMARTS) is 1. The van der Waals surface area contributed by atoms with Crippen LogP contribution in [-0.2, 0) is 4.79 Å². The van der Waals surface area contributed by atoms with Crippen LogP contribution < -0.4 is 0 Å². The van der Waals surface area contributed by atoms with Crippen molar-refractivity contribution in [1.82, 2.24) is 0 Å². The number of carbonyl (C=O) groups is 1. The molecule has 0 bridgehead atoms. The molecule has 1 aliphatic rings. The molecule has 16 heteroatoms. The normalized spacial score (nSPS) is 21.5. The van der Waals surface area contributed by atoms with E-state index in [2.05, 4.69) is 6.58 Å². The van der Waals surface area contributed by atoms with Gasteiger partial charge in [0.05, 0.1) is 0 Å². The van der Waals surface area contributed by atoms with Gasteiger partial charge in [-0.1, -0.05) is 13.0 Å². The Balaban J connectivity index is 0.00000140. The summed E-state index contributed by atoms with van der Waals surface area (Å²) < 4.78 is 154. The highest BCUT2D eigenvalue weighted by molar-refractivity contribution is 5.84. The Hall–Kier alpha value is -1.71. The summed E-state index contributed by atoms with van der Waals surface area (Å²) in [6, 6.07) is 0. The van der Waals surface area contributed by atoms with Gasteiger partial charge in [-0.25, -0.2) is 4.79 Å². The molecule has 1 aliphatic carbocycles. The van der Waals surface area contributed by atoms with E-state index in [1.54, 1.807) is 0 Å². The summed E-state index contributed by atoms with van der Waals surface area (Å²) in [6.07, 6.45) is -30.7. The second-order valence-electron chi connectivity index (χ2n) is 7.17. The molecule has 1 fully saturated rings. The molecule has 0 saturated heterocycles. The summed E-state index contributed by atoms with van der Waals surface area (Å²) in [5, 5.41) is 26.3. The molecule has 4 nitrogen and oxygen atoms in total. The molecule has 3 N–H and O–H groups in total. The van der Waals surface area contributed by atoms with Crippen molar-refractivity contribution in [3.05, 3.63) is 12.2 Å². The van der Waals surface area contributed by atoms with Crippen LogP contribution in [0.3, 0.4) is 0 Å². The average molecular weight is 502 g/mol. The van der Waals surface area contributed by atoms with Crippen molar-refractivity contribution in [3.8, 4) is 0 Å². The molecule has 0 spiro atoms. The molecular formula is C16H18F12O4. The number of carboxylic acids is 1. The van der Waals surface area contributed by atoms with Crippen LogP contribution in [0.4, 0.5) is 52.7 Å². The number of rotatable bonds is 3. The van der Waals surface area contributed by atoms with Crippen molar-refractivity contribution in [2.45, 2.75) is 68.5 Å². The predicted octanol–water partition coefficient (Wildman–Crippen LogP) is 5.15. The van der Waals surface area contributed by atoms with Crippen LogP contribution in [0, 0.1) is 11.8 Å². The first kappa shape index (κ1) is 30.3. The van der Waals surface area contributed by atoms with E-state index in [-0.39, 0.29) is 5.57 Å². The highest BCUT2D eigenvalue weighted by Crippen LogP contribution is 2.57. The fourth-order valence-corrected chi connectivity index (χ4v) is 3.20. The number of alkyl halides is 12. The Morgan fingerprint density at radius 1 is 0.719 bits per heavy atom.